The SMILES string of the molecule is CC(CNC(=O)c1cc(Br)cnc1Cl)N1CCCCC1. The van der Waals surface area contributed by atoms with E-state index >= 15 is 0 Å². The van der Waals surface area contributed by atoms with Crippen molar-refractivity contribution in [2.45, 2.75) is 32.2 Å². The van der Waals surface area contributed by atoms with Crippen molar-refractivity contribution >= 4 is 33.4 Å². The lowest BCUT2D eigenvalue weighted by atomic mass is 10.1. The van der Waals surface area contributed by atoms with Gasteiger partial charge in [-0.15, -0.1) is 0 Å². The van der Waals surface area contributed by atoms with Crippen molar-refractivity contribution in [2.75, 3.05) is 19.6 Å². The van der Waals surface area contributed by atoms with Gasteiger partial charge in [-0.25, -0.2) is 4.98 Å². The third kappa shape index (κ3) is 4.17. The lowest BCUT2D eigenvalue weighted by molar-refractivity contribution is 0.0929. The molecule has 0 spiro atoms. The van der Waals surface area contributed by atoms with Crippen LogP contribution in [-0.4, -0.2) is 41.5 Å². The summed E-state index contributed by atoms with van der Waals surface area (Å²) in [6.45, 7) is 5.01. The molecule has 0 aliphatic carbocycles. The van der Waals surface area contributed by atoms with E-state index in [2.05, 4.69) is 38.1 Å². The van der Waals surface area contributed by atoms with Crippen LogP contribution >= 0.6 is 27.5 Å². The Morgan fingerprint density at radius 2 is 2.20 bits per heavy atom. The fourth-order valence-corrected chi connectivity index (χ4v) is 2.93. The van der Waals surface area contributed by atoms with E-state index < -0.39 is 0 Å². The number of likely N-dealkylation sites (tertiary alicyclic amines) is 1. The Kier molecular flexibility index (Phi) is 5.81. The molecule has 1 saturated heterocycles. The molecule has 1 atom stereocenters. The largest absolute Gasteiger partial charge is 0.350 e. The van der Waals surface area contributed by atoms with E-state index in [0.717, 1.165) is 17.6 Å². The van der Waals surface area contributed by atoms with E-state index in [1.54, 1.807) is 12.3 Å². The number of halogens is 2. The van der Waals surface area contributed by atoms with E-state index in [1.807, 2.05) is 0 Å². The first-order valence-corrected chi connectivity index (χ1v) is 8.08. The number of amides is 1. The van der Waals surface area contributed by atoms with Crippen LogP contribution in [0.25, 0.3) is 0 Å². The number of piperidine rings is 1. The molecule has 0 saturated carbocycles. The van der Waals surface area contributed by atoms with Gasteiger partial charge in [0, 0.05) is 23.3 Å². The lowest BCUT2D eigenvalue weighted by Crippen LogP contribution is -2.44. The molecule has 20 heavy (non-hydrogen) atoms. The summed E-state index contributed by atoms with van der Waals surface area (Å²) >= 11 is 9.25. The van der Waals surface area contributed by atoms with Crippen LogP contribution in [0.4, 0.5) is 0 Å². The number of rotatable bonds is 4. The van der Waals surface area contributed by atoms with Crippen molar-refractivity contribution in [3.8, 4) is 0 Å². The van der Waals surface area contributed by atoms with Crippen molar-refractivity contribution in [3.63, 3.8) is 0 Å². The van der Waals surface area contributed by atoms with Gasteiger partial charge in [0.1, 0.15) is 5.15 Å². The summed E-state index contributed by atoms with van der Waals surface area (Å²) in [6, 6.07) is 2.04. The molecule has 1 unspecified atom stereocenters. The first kappa shape index (κ1) is 15.7. The Hall–Kier alpha value is -0.650. The van der Waals surface area contributed by atoms with E-state index in [0.29, 0.717) is 18.2 Å². The summed E-state index contributed by atoms with van der Waals surface area (Å²) in [6.07, 6.45) is 5.39. The number of carbonyl (C=O) groups excluding carboxylic acids is 1. The van der Waals surface area contributed by atoms with Gasteiger partial charge in [0.25, 0.3) is 5.91 Å². The Bertz CT molecular complexity index is 477. The van der Waals surface area contributed by atoms with Gasteiger partial charge >= 0.3 is 0 Å². The monoisotopic (exact) mass is 359 g/mol. The minimum Gasteiger partial charge on any atom is -0.350 e. The summed E-state index contributed by atoms with van der Waals surface area (Å²) in [4.78, 5) is 18.5. The molecule has 1 amide bonds. The number of carbonyl (C=O) groups is 1. The summed E-state index contributed by atoms with van der Waals surface area (Å²) in [5.74, 6) is -0.173. The summed E-state index contributed by atoms with van der Waals surface area (Å²) in [5, 5.41) is 3.17. The zero-order valence-corrected chi connectivity index (χ0v) is 13.9. The number of pyridine rings is 1. The van der Waals surface area contributed by atoms with Crippen molar-refractivity contribution in [3.05, 3.63) is 27.5 Å². The van der Waals surface area contributed by atoms with E-state index in [-0.39, 0.29) is 11.1 Å². The van der Waals surface area contributed by atoms with E-state index in [9.17, 15) is 4.79 Å². The fraction of sp³-hybridized carbons (Fsp3) is 0.571. The van der Waals surface area contributed by atoms with Crippen molar-refractivity contribution < 1.29 is 4.79 Å². The van der Waals surface area contributed by atoms with Crippen LogP contribution < -0.4 is 5.32 Å². The molecule has 1 N–H and O–H groups in total. The van der Waals surface area contributed by atoms with Crippen LogP contribution in [0.1, 0.15) is 36.5 Å². The Morgan fingerprint density at radius 3 is 2.90 bits per heavy atom. The maximum Gasteiger partial charge on any atom is 0.254 e. The van der Waals surface area contributed by atoms with Crippen LogP contribution in [0.5, 0.6) is 0 Å². The minimum atomic E-state index is -0.173. The van der Waals surface area contributed by atoms with E-state index in [1.165, 1.54) is 19.3 Å². The summed E-state index contributed by atoms with van der Waals surface area (Å²) in [7, 11) is 0. The molecule has 1 aromatic heterocycles. The first-order valence-electron chi connectivity index (χ1n) is 6.91. The zero-order valence-electron chi connectivity index (χ0n) is 11.5. The highest BCUT2D eigenvalue weighted by atomic mass is 79.9. The second kappa shape index (κ2) is 7.38. The number of aromatic nitrogens is 1. The molecule has 1 fully saturated rings. The first-order chi connectivity index (χ1) is 9.58. The van der Waals surface area contributed by atoms with Crippen LogP contribution in [0.3, 0.4) is 0 Å². The van der Waals surface area contributed by atoms with Gasteiger partial charge in [0.15, 0.2) is 0 Å². The molecule has 6 heteroatoms. The molecule has 110 valence electrons. The average Bonchev–Trinajstić information content (AvgIpc) is 2.47. The highest BCUT2D eigenvalue weighted by molar-refractivity contribution is 9.10. The van der Waals surface area contributed by atoms with Crippen LogP contribution in [0.2, 0.25) is 5.15 Å². The third-order valence-electron chi connectivity index (χ3n) is 3.62. The second-order valence-electron chi connectivity index (χ2n) is 5.15. The number of nitrogens with zero attached hydrogens (tertiary/aromatic N) is 2. The molecule has 1 aliphatic rings. The second-order valence-corrected chi connectivity index (χ2v) is 6.42. The normalized spacial score (nSPS) is 17.8. The molecule has 1 aliphatic heterocycles. The summed E-state index contributed by atoms with van der Waals surface area (Å²) in [5.41, 5.74) is 0.409. The van der Waals surface area contributed by atoms with Crippen LogP contribution in [0.15, 0.2) is 16.7 Å². The van der Waals surface area contributed by atoms with Crippen LogP contribution in [-0.2, 0) is 0 Å². The quantitative estimate of drug-likeness (QED) is 0.839. The maximum atomic E-state index is 12.1. The molecule has 0 radical (unpaired) electrons. The van der Waals surface area contributed by atoms with Gasteiger partial charge in [-0.1, -0.05) is 18.0 Å². The average molecular weight is 361 g/mol. The molecule has 1 aromatic rings. The molecule has 4 nitrogen and oxygen atoms in total. The molecular formula is C14H19BrClN3O. The number of nitrogens with one attached hydrogen (secondary N) is 1. The molecule has 2 rings (SSSR count). The van der Waals surface area contributed by atoms with Crippen molar-refractivity contribution in [2.24, 2.45) is 0 Å². The standard InChI is InChI=1S/C14H19BrClN3O/c1-10(19-5-3-2-4-6-19)8-18-14(20)12-7-11(15)9-17-13(12)16/h7,9-10H,2-6,8H2,1H3,(H,18,20). The minimum absolute atomic E-state index is 0.173. The van der Waals surface area contributed by atoms with Gasteiger partial charge in [-0.05, 0) is 54.9 Å². The van der Waals surface area contributed by atoms with Crippen LogP contribution in [0, 0.1) is 0 Å². The Morgan fingerprint density at radius 1 is 1.50 bits per heavy atom. The smallest absolute Gasteiger partial charge is 0.254 e. The summed E-state index contributed by atoms with van der Waals surface area (Å²) < 4.78 is 0.746. The van der Waals surface area contributed by atoms with Crippen molar-refractivity contribution in [1.29, 1.82) is 0 Å². The van der Waals surface area contributed by atoms with Gasteiger partial charge in [0.2, 0.25) is 0 Å². The van der Waals surface area contributed by atoms with E-state index in [4.69, 9.17) is 11.6 Å². The van der Waals surface area contributed by atoms with Crippen molar-refractivity contribution in [1.82, 2.24) is 15.2 Å². The van der Waals surface area contributed by atoms with Gasteiger partial charge in [-0.2, -0.15) is 0 Å². The Labute approximate surface area is 133 Å². The number of hydrogen-bond donors (Lipinski definition) is 1. The zero-order chi connectivity index (χ0) is 14.5. The predicted octanol–water partition coefficient (Wildman–Crippen LogP) is 3.10. The molecule has 0 aromatic carbocycles. The van der Waals surface area contributed by atoms with Gasteiger partial charge in [-0.3, -0.25) is 9.69 Å². The third-order valence-corrected chi connectivity index (χ3v) is 4.36. The van der Waals surface area contributed by atoms with Gasteiger partial charge in [0.05, 0.1) is 5.56 Å². The highest BCUT2D eigenvalue weighted by Crippen LogP contribution is 2.18. The molecule has 0 bridgehead atoms. The predicted molar refractivity (Wildman–Crippen MR) is 84.2 cm³/mol. The highest BCUT2D eigenvalue weighted by Gasteiger charge is 2.18. The fourth-order valence-electron chi connectivity index (χ4n) is 2.41. The van der Waals surface area contributed by atoms with Gasteiger partial charge < -0.3 is 5.32 Å². The topological polar surface area (TPSA) is 45.2 Å². The molecular weight excluding hydrogens is 342 g/mol. The Balaban J connectivity index is 1.89. The maximum absolute atomic E-state index is 12.1. The number of hydrogen-bond acceptors (Lipinski definition) is 3. The lowest BCUT2D eigenvalue weighted by Gasteiger charge is -2.32. The molecule has 2 heterocycles.